The van der Waals surface area contributed by atoms with Crippen LogP contribution in [0.15, 0.2) is 54.6 Å². The van der Waals surface area contributed by atoms with E-state index in [0.717, 1.165) is 0 Å². The zero-order chi connectivity index (χ0) is 20.9. The molecule has 0 aliphatic heterocycles. The summed E-state index contributed by atoms with van der Waals surface area (Å²) in [5, 5.41) is 27.7. The van der Waals surface area contributed by atoms with Gasteiger partial charge in [-0.2, -0.15) is 15.8 Å². The van der Waals surface area contributed by atoms with Crippen molar-refractivity contribution in [1.82, 2.24) is 0 Å². The van der Waals surface area contributed by atoms with Crippen LogP contribution in [0, 0.1) is 69.5 Å². The molecule has 0 radical (unpaired) electrons. The molecular formula is C27H9N3. The Morgan fingerprint density at radius 3 is 0.933 bits per heavy atom. The van der Waals surface area contributed by atoms with Gasteiger partial charge >= 0.3 is 0 Å². The first-order valence-corrected chi connectivity index (χ1v) is 8.88. The molecule has 132 valence electrons. The molecule has 3 aromatic carbocycles. The zero-order valence-electron chi connectivity index (χ0n) is 15.5. The van der Waals surface area contributed by atoms with Crippen LogP contribution in [-0.4, -0.2) is 0 Å². The molecule has 0 saturated carbocycles. The van der Waals surface area contributed by atoms with Gasteiger partial charge in [0.2, 0.25) is 0 Å². The predicted octanol–water partition coefficient (Wildman–Crippen LogP) is 3.81. The van der Waals surface area contributed by atoms with Gasteiger partial charge in [0.1, 0.15) is 0 Å². The summed E-state index contributed by atoms with van der Waals surface area (Å²) in [5.74, 6) is 18.6. The highest BCUT2D eigenvalue weighted by molar-refractivity contribution is 5.63. The quantitative estimate of drug-likeness (QED) is 0.439. The largest absolute Gasteiger partial charge is 0.192 e. The minimum absolute atomic E-state index is 0.490. The summed E-state index contributed by atoms with van der Waals surface area (Å²) < 4.78 is 0. The molecule has 0 heterocycles. The topological polar surface area (TPSA) is 71.4 Å². The summed E-state index contributed by atoms with van der Waals surface area (Å²) in [5.41, 5.74) is 5.39. The molecule has 0 fully saturated rings. The van der Waals surface area contributed by atoms with E-state index in [1.54, 1.807) is 54.6 Å². The standard InChI is InChI=1S/C27H9N3/c28-16-19-1-4-22-7-10-26-14-20(17-29)3-6-24(26)9-12-27-15-21(18-30)2-5-23(27)8-11-25(22)13-19/h1-6,13-15H. The molecule has 3 heteroatoms. The molecule has 3 nitrogen and oxygen atoms in total. The fourth-order valence-corrected chi connectivity index (χ4v) is 2.88. The Hall–Kier alpha value is -5.19. The fourth-order valence-electron chi connectivity index (χ4n) is 2.88. The Kier molecular flexibility index (Phi) is 4.74. The molecule has 0 saturated heterocycles. The molecule has 0 atom stereocenters. The van der Waals surface area contributed by atoms with Gasteiger partial charge in [0, 0.05) is 33.4 Å². The van der Waals surface area contributed by atoms with Crippen molar-refractivity contribution in [2.45, 2.75) is 0 Å². The van der Waals surface area contributed by atoms with E-state index in [1.807, 2.05) is 0 Å². The summed E-state index contributed by atoms with van der Waals surface area (Å²) >= 11 is 0. The van der Waals surface area contributed by atoms with Crippen LogP contribution in [0.5, 0.6) is 0 Å². The molecular weight excluding hydrogens is 366 g/mol. The van der Waals surface area contributed by atoms with Crippen molar-refractivity contribution < 1.29 is 0 Å². The number of nitrogens with zero attached hydrogens (tertiary/aromatic N) is 3. The van der Waals surface area contributed by atoms with E-state index in [4.69, 9.17) is 0 Å². The second-order valence-electron chi connectivity index (χ2n) is 6.37. The maximum absolute atomic E-state index is 9.24. The van der Waals surface area contributed by atoms with Gasteiger partial charge < -0.3 is 0 Å². The van der Waals surface area contributed by atoms with Crippen molar-refractivity contribution >= 4 is 0 Å². The van der Waals surface area contributed by atoms with Gasteiger partial charge in [-0.25, -0.2) is 0 Å². The first-order valence-electron chi connectivity index (χ1n) is 8.88. The monoisotopic (exact) mass is 375 g/mol. The summed E-state index contributed by atoms with van der Waals surface area (Å²) in [6.45, 7) is 0. The van der Waals surface area contributed by atoms with Crippen LogP contribution in [-0.2, 0) is 0 Å². The molecule has 0 N–H and O–H groups in total. The van der Waals surface area contributed by atoms with Crippen molar-refractivity contribution in [3.05, 3.63) is 105 Å². The molecule has 0 spiro atoms. The summed E-state index contributed by atoms with van der Waals surface area (Å²) in [4.78, 5) is 0. The third-order valence-corrected chi connectivity index (χ3v) is 4.44. The highest BCUT2D eigenvalue weighted by atomic mass is 14.2. The third-order valence-electron chi connectivity index (χ3n) is 4.44. The lowest BCUT2D eigenvalue weighted by Crippen LogP contribution is -1.92. The highest BCUT2D eigenvalue weighted by Crippen LogP contribution is 2.16. The van der Waals surface area contributed by atoms with Crippen LogP contribution < -0.4 is 0 Å². The lowest BCUT2D eigenvalue weighted by Gasteiger charge is -2.02. The van der Waals surface area contributed by atoms with Crippen molar-refractivity contribution in [2.24, 2.45) is 0 Å². The van der Waals surface area contributed by atoms with Crippen molar-refractivity contribution in [3.8, 4) is 53.7 Å². The minimum Gasteiger partial charge on any atom is -0.192 e. The average molecular weight is 375 g/mol. The van der Waals surface area contributed by atoms with Crippen LogP contribution in [0.2, 0.25) is 0 Å². The predicted molar refractivity (Wildman–Crippen MR) is 111 cm³/mol. The van der Waals surface area contributed by atoms with Crippen LogP contribution in [0.25, 0.3) is 0 Å². The maximum Gasteiger partial charge on any atom is 0.0992 e. The molecule has 0 unspecified atom stereocenters. The normalized spacial score (nSPS) is 9.90. The molecule has 30 heavy (non-hydrogen) atoms. The van der Waals surface area contributed by atoms with Crippen molar-refractivity contribution in [2.75, 3.05) is 0 Å². The average Bonchev–Trinajstić information content (AvgIpc) is 2.79. The highest BCUT2D eigenvalue weighted by Gasteiger charge is 2.05. The van der Waals surface area contributed by atoms with Crippen LogP contribution >= 0.6 is 0 Å². The van der Waals surface area contributed by atoms with Gasteiger partial charge in [0.15, 0.2) is 0 Å². The molecule has 3 aromatic rings. The van der Waals surface area contributed by atoms with Gasteiger partial charge in [-0.05, 0) is 54.6 Å². The van der Waals surface area contributed by atoms with E-state index >= 15 is 0 Å². The first-order chi connectivity index (χ1) is 14.7. The van der Waals surface area contributed by atoms with E-state index in [2.05, 4.69) is 53.7 Å². The number of fused-ring (bicyclic) bond motifs is 3. The van der Waals surface area contributed by atoms with E-state index < -0.39 is 0 Å². The molecule has 0 amide bonds. The van der Waals surface area contributed by atoms with Crippen LogP contribution in [0.4, 0.5) is 0 Å². The van der Waals surface area contributed by atoms with E-state index in [1.165, 1.54) is 0 Å². The molecule has 0 aromatic heterocycles. The second-order valence-corrected chi connectivity index (χ2v) is 6.37. The third kappa shape index (κ3) is 3.61. The minimum atomic E-state index is 0.490. The van der Waals surface area contributed by atoms with Crippen molar-refractivity contribution in [3.63, 3.8) is 0 Å². The van der Waals surface area contributed by atoms with Gasteiger partial charge in [0.05, 0.1) is 34.9 Å². The van der Waals surface area contributed by atoms with Crippen LogP contribution in [0.3, 0.4) is 0 Å². The Morgan fingerprint density at radius 1 is 0.400 bits per heavy atom. The number of nitriles is 3. The number of hydrogen-bond acceptors (Lipinski definition) is 3. The lowest BCUT2D eigenvalue weighted by atomic mass is 9.99. The fraction of sp³-hybridized carbons (Fsp3) is 0. The number of rotatable bonds is 0. The van der Waals surface area contributed by atoms with Gasteiger partial charge in [-0.3, -0.25) is 0 Å². The van der Waals surface area contributed by atoms with Gasteiger partial charge in [0.25, 0.3) is 0 Å². The Balaban J connectivity index is 2.05. The van der Waals surface area contributed by atoms with Crippen LogP contribution in [0.1, 0.15) is 50.1 Å². The van der Waals surface area contributed by atoms with E-state index in [-0.39, 0.29) is 0 Å². The molecule has 1 aliphatic rings. The van der Waals surface area contributed by atoms with Gasteiger partial charge in [-0.1, -0.05) is 35.5 Å². The maximum atomic E-state index is 9.24. The Labute approximate surface area is 174 Å². The second kappa shape index (κ2) is 7.82. The van der Waals surface area contributed by atoms with E-state index in [9.17, 15) is 15.8 Å². The smallest absolute Gasteiger partial charge is 0.0992 e. The summed E-state index contributed by atoms with van der Waals surface area (Å²) in [7, 11) is 0. The summed E-state index contributed by atoms with van der Waals surface area (Å²) in [6, 6.07) is 21.8. The van der Waals surface area contributed by atoms with Gasteiger partial charge in [-0.15, -0.1) is 0 Å². The zero-order valence-corrected chi connectivity index (χ0v) is 15.5. The summed E-state index contributed by atoms with van der Waals surface area (Å²) in [6.07, 6.45) is 0. The number of benzene rings is 3. The SMILES string of the molecule is N#Cc1ccc2c(c1)C#Cc1ccc(C#N)cc1C#Cc1ccc(C#N)cc1C#C2. The Morgan fingerprint density at radius 2 is 0.667 bits per heavy atom. The molecule has 4 rings (SSSR count). The van der Waals surface area contributed by atoms with Crippen molar-refractivity contribution in [1.29, 1.82) is 15.8 Å². The Bertz CT molecular complexity index is 1350. The molecule has 0 bridgehead atoms. The molecule has 1 aliphatic carbocycles. The first kappa shape index (κ1) is 18.2. The lowest BCUT2D eigenvalue weighted by molar-refractivity contribution is 1.45. The van der Waals surface area contributed by atoms with E-state index in [0.29, 0.717) is 50.1 Å². The number of hydrogen-bond donors (Lipinski definition) is 0.